The molecule has 0 saturated carbocycles. The molecule has 2 nitrogen and oxygen atoms in total. The van der Waals surface area contributed by atoms with E-state index in [1.807, 2.05) is 12.1 Å². The van der Waals surface area contributed by atoms with Crippen molar-refractivity contribution in [2.24, 2.45) is 5.73 Å². The summed E-state index contributed by atoms with van der Waals surface area (Å²) in [6.45, 7) is 1.02. The van der Waals surface area contributed by atoms with E-state index in [1.54, 1.807) is 0 Å². The van der Waals surface area contributed by atoms with E-state index >= 15 is 0 Å². The van der Waals surface area contributed by atoms with Crippen molar-refractivity contribution in [1.82, 2.24) is 4.90 Å². The normalized spacial score (nSPS) is 13.2. The third kappa shape index (κ3) is 3.78. The fraction of sp³-hybridized carbons (Fsp3) is 0.455. The van der Waals surface area contributed by atoms with E-state index < -0.39 is 0 Å². The van der Waals surface area contributed by atoms with Crippen LogP contribution >= 0.6 is 15.9 Å². The van der Waals surface area contributed by atoms with Crippen molar-refractivity contribution in [3.8, 4) is 0 Å². The Bertz CT molecular complexity index is 286. The van der Waals surface area contributed by atoms with Gasteiger partial charge in [-0.15, -0.1) is 0 Å². The maximum Gasteiger partial charge on any atom is 0.0307 e. The van der Waals surface area contributed by atoms with Gasteiger partial charge in [-0.3, -0.25) is 0 Å². The summed E-state index contributed by atoms with van der Waals surface area (Å²) in [7, 11) is 4.13. The van der Waals surface area contributed by atoms with Gasteiger partial charge < -0.3 is 10.6 Å². The number of halogens is 1. The van der Waals surface area contributed by atoms with Crippen molar-refractivity contribution in [1.29, 1.82) is 0 Å². The van der Waals surface area contributed by atoms with E-state index in [2.05, 4.69) is 47.1 Å². The predicted octanol–water partition coefficient (Wildman–Crippen LogP) is 2.40. The zero-order chi connectivity index (χ0) is 10.6. The molecule has 0 amide bonds. The van der Waals surface area contributed by atoms with Crippen LogP contribution in [0.1, 0.15) is 18.0 Å². The molecule has 0 radical (unpaired) electrons. The van der Waals surface area contributed by atoms with Crippen LogP contribution in [0.5, 0.6) is 0 Å². The van der Waals surface area contributed by atoms with E-state index in [9.17, 15) is 0 Å². The zero-order valence-corrected chi connectivity index (χ0v) is 10.3. The number of nitrogens with two attached hydrogens (primary N) is 1. The first kappa shape index (κ1) is 11.7. The molecule has 14 heavy (non-hydrogen) atoms. The van der Waals surface area contributed by atoms with Crippen LogP contribution in [0, 0.1) is 0 Å². The number of nitrogens with zero attached hydrogens (tertiary/aromatic N) is 1. The maximum atomic E-state index is 6.06. The molecule has 0 spiro atoms. The Morgan fingerprint density at radius 2 is 2.14 bits per heavy atom. The lowest BCUT2D eigenvalue weighted by molar-refractivity contribution is 0.382. The number of hydrogen-bond donors (Lipinski definition) is 1. The summed E-state index contributed by atoms with van der Waals surface area (Å²) in [5.41, 5.74) is 7.26. The summed E-state index contributed by atoms with van der Waals surface area (Å²) in [4.78, 5) is 2.15. The topological polar surface area (TPSA) is 29.3 Å². The van der Waals surface area contributed by atoms with E-state index in [0.717, 1.165) is 17.4 Å². The first-order valence-electron chi connectivity index (χ1n) is 4.75. The summed E-state index contributed by atoms with van der Waals surface area (Å²) in [5, 5.41) is 0. The summed E-state index contributed by atoms with van der Waals surface area (Å²) >= 11 is 3.44. The van der Waals surface area contributed by atoms with Gasteiger partial charge in [0.2, 0.25) is 0 Å². The quantitative estimate of drug-likeness (QED) is 0.897. The second-order valence-corrected chi connectivity index (χ2v) is 4.67. The standard InChI is InChI=1S/C11H17BrN2/c1-14(2)7-6-11(13)9-4-3-5-10(12)8-9/h3-5,8,11H,6-7,13H2,1-2H3. The summed E-state index contributed by atoms with van der Waals surface area (Å²) in [6, 6.07) is 8.33. The monoisotopic (exact) mass is 256 g/mol. The van der Waals surface area contributed by atoms with Gasteiger partial charge in [-0.05, 0) is 44.8 Å². The SMILES string of the molecule is CN(C)CCC(N)c1cccc(Br)c1. The van der Waals surface area contributed by atoms with Gasteiger partial charge >= 0.3 is 0 Å². The van der Waals surface area contributed by atoms with Crippen molar-refractivity contribution in [2.75, 3.05) is 20.6 Å². The van der Waals surface area contributed by atoms with Crippen molar-refractivity contribution >= 4 is 15.9 Å². The van der Waals surface area contributed by atoms with Gasteiger partial charge in [0.05, 0.1) is 0 Å². The summed E-state index contributed by atoms with van der Waals surface area (Å²) < 4.78 is 1.09. The minimum Gasteiger partial charge on any atom is -0.324 e. The van der Waals surface area contributed by atoms with Crippen LogP contribution in [0.4, 0.5) is 0 Å². The average molecular weight is 257 g/mol. The van der Waals surface area contributed by atoms with Crippen LogP contribution in [-0.2, 0) is 0 Å². The van der Waals surface area contributed by atoms with Gasteiger partial charge in [-0.25, -0.2) is 0 Å². The van der Waals surface area contributed by atoms with Crippen LogP contribution < -0.4 is 5.73 Å². The molecule has 1 aromatic carbocycles. The van der Waals surface area contributed by atoms with Crippen LogP contribution in [0.2, 0.25) is 0 Å². The van der Waals surface area contributed by atoms with Gasteiger partial charge in [0, 0.05) is 10.5 Å². The second kappa shape index (κ2) is 5.49. The van der Waals surface area contributed by atoms with Gasteiger partial charge in [0.25, 0.3) is 0 Å². The van der Waals surface area contributed by atoms with Gasteiger partial charge in [0.15, 0.2) is 0 Å². The van der Waals surface area contributed by atoms with E-state index in [-0.39, 0.29) is 6.04 Å². The van der Waals surface area contributed by atoms with Crippen molar-refractivity contribution in [2.45, 2.75) is 12.5 Å². The Kier molecular flexibility index (Phi) is 4.58. The molecule has 0 fully saturated rings. The largest absolute Gasteiger partial charge is 0.324 e. The molecule has 0 aromatic heterocycles. The smallest absolute Gasteiger partial charge is 0.0307 e. The lowest BCUT2D eigenvalue weighted by Crippen LogP contribution is -2.20. The van der Waals surface area contributed by atoms with E-state index in [1.165, 1.54) is 5.56 Å². The highest BCUT2D eigenvalue weighted by Gasteiger charge is 2.06. The fourth-order valence-corrected chi connectivity index (χ4v) is 1.72. The van der Waals surface area contributed by atoms with Gasteiger partial charge in [-0.1, -0.05) is 28.1 Å². The van der Waals surface area contributed by atoms with Crippen molar-refractivity contribution < 1.29 is 0 Å². The highest BCUT2D eigenvalue weighted by atomic mass is 79.9. The molecule has 0 heterocycles. The number of rotatable bonds is 4. The molecule has 1 atom stereocenters. The molecule has 78 valence electrons. The molecule has 0 saturated heterocycles. The second-order valence-electron chi connectivity index (χ2n) is 3.75. The third-order valence-electron chi connectivity index (χ3n) is 2.16. The van der Waals surface area contributed by atoms with Gasteiger partial charge in [-0.2, -0.15) is 0 Å². The molecule has 0 aliphatic heterocycles. The molecule has 0 aliphatic carbocycles. The lowest BCUT2D eigenvalue weighted by atomic mass is 10.1. The minimum atomic E-state index is 0.134. The van der Waals surface area contributed by atoms with Crippen LogP contribution in [0.25, 0.3) is 0 Å². The molecule has 0 aliphatic rings. The first-order valence-corrected chi connectivity index (χ1v) is 5.54. The molecule has 2 N–H and O–H groups in total. The Labute approximate surface area is 94.2 Å². The van der Waals surface area contributed by atoms with Crippen LogP contribution in [-0.4, -0.2) is 25.5 Å². The molecule has 0 bridgehead atoms. The van der Waals surface area contributed by atoms with E-state index in [0.29, 0.717) is 0 Å². The minimum absolute atomic E-state index is 0.134. The Hall–Kier alpha value is -0.380. The molecule has 1 rings (SSSR count). The third-order valence-corrected chi connectivity index (χ3v) is 2.66. The summed E-state index contributed by atoms with van der Waals surface area (Å²) in [5.74, 6) is 0. The molecule has 1 unspecified atom stereocenters. The van der Waals surface area contributed by atoms with Crippen molar-refractivity contribution in [3.05, 3.63) is 34.3 Å². The highest BCUT2D eigenvalue weighted by molar-refractivity contribution is 9.10. The van der Waals surface area contributed by atoms with Crippen LogP contribution in [0.3, 0.4) is 0 Å². The highest BCUT2D eigenvalue weighted by Crippen LogP contribution is 2.18. The molecule has 3 heteroatoms. The van der Waals surface area contributed by atoms with Crippen LogP contribution in [0.15, 0.2) is 28.7 Å². The molecule has 1 aromatic rings. The molecular weight excluding hydrogens is 240 g/mol. The maximum absolute atomic E-state index is 6.06. The van der Waals surface area contributed by atoms with Gasteiger partial charge in [0.1, 0.15) is 0 Å². The molecular formula is C11H17BrN2. The van der Waals surface area contributed by atoms with Crippen molar-refractivity contribution in [3.63, 3.8) is 0 Å². The Balaban J connectivity index is 2.56. The lowest BCUT2D eigenvalue weighted by Gasteiger charge is -2.15. The first-order chi connectivity index (χ1) is 6.59. The predicted molar refractivity (Wildman–Crippen MR) is 64.2 cm³/mol. The Morgan fingerprint density at radius 1 is 1.43 bits per heavy atom. The number of hydrogen-bond acceptors (Lipinski definition) is 2. The summed E-state index contributed by atoms with van der Waals surface area (Å²) in [6.07, 6.45) is 0.990. The Morgan fingerprint density at radius 3 is 2.71 bits per heavy atom. The zero-order valence-electron chi connectivity index (χ0n) is 8.70. The average Bonchev–Trinajstić information content (AvgIpc) is 2.14. The number of benzene rings is 1. The fourth-order valence-electron chi connectivity index (χ4n) is 1.30. The van der Waals surface area contributed by atoms with E-state index in [4.69, 9.17) is 5.73 Å².